The summed E-state index contributed by atoms with van der Waals surface area (Å²) in [5.41, 5.74) is 1.43. The third-order valence-corrected chi connectivity index (χ3v) is 5.05. The van der Waals surface area contributed by atoms with Crippen LogP contribution < -0.4 is 5.32 Å². The Labute approximate surface area is 128 Å². The second kappa shape index (κ2) is 6.91. The van der Waals surface area contributed by atoms with Gasteiger partial charge in [-0.05, 0) is 38.7 Å². The lowest BCUT2D eigenvalue weighted by molar-refractivity contribution is -0.000199. The van der Waals surface area contributed by atoms with E-state index in [2.05, 4.69) is 54.4 Å². The van der Waals surface area contributed by atoms with Crippen molar-refractivity contribution in [2.45, 2.75) is 57.3 Å². The minimum atomic E-state index is 0.433. The van der Waals surface area contributed by atoms with Gasteiger partial charge in [0.1, 0.15) is 0 Å². The number of nitrogens with zero attached hydrogens (tertiary/aromatic N) is 1. The average Bonchev–Trinajstić information content (AvgIpc) is 3.04. The molecule has 1 aromatic rings. The fourth-order valence-corrected chi connectivity index (χ4v) is 3.75. The van der Waals surface area contributed by atoms with Crippen LogP contribution in [0.5, 0.6) is 0 Å². The van der Waals surface area contributed by atoms with E-state index >= 15 is 0 Å². The second-order valence-corrected chi connectivity index (χ2v) is 6.63. The molecule has 2 fully saturated rings. The standard InChI is InChI=1S/C18H28N2O/c1-14-12-19-17(11-16-7-4-3-5-8-16)13-20(14)15(2)18-9-6-10-21-18/h3-5,7-8,14-15,17-19H,6,9-13H2,1-2H3. The van der Waals surface area contributed by atoms with Crippen molar-refractivity contribution in [1.82, 2.24) is 10.2 Å². The maximum atomic E-state index is 5.91. The first kappa shape index (κ1) is 15.0. The van der Waals surface area contributed by atoms with E-state index in [-0.39, 0.29) is 0 Å². The van der Waals surface area contributed by atoms with Gasteiger partial charge in [0, 0.05) is 37.8 Å². The van der Waals surface area contributed by atoms with Gasteiger partial charge in [-0.1, -0.05) is 30.3 Å². The largest absolute Gasteiger partial charge is 0.377 e. The van der Waals surface area contributed by atoms with Gasteiger partial charge in [-0.2, -0.15) is 0 Å². The maximum Gasteiger partial charge on any atom is 0.0728 e. The number of ether oxygens (including phenoxy) is 1. The monoisotopic (exact) mass is 288 g/mol. The molecule has 4 atom stereocenters. The van der Waals surface area contributed by atoms with Crippen molar-refractivity contribution >= 4 is 0 Å². The molecule has 0 aliphatic carbocycles. The molecule has 3 nitrogen and oxygen atoms in total. The predicted molar refractivity (Wildman–Crippen MR) is 86.5 cm³/mol. The third kappa shape index (κ3) is 3.65. The van der Waals surface area contributed by atoms with E-state index in [0.29, 0.717) is 24.2 Å². The Kier molecular flexibility index (Phi) is 4.94. The van der Waals surface area contributed by atoms with Crippen LogP contribution in [-0.4, -0.2) is 48.8 Å². The van der Waals surface area contributed by atoms with Crippen LogP contribution >= 0.6 is 0 Å². The molecule has 1 N–H and O–H groups in total. The zero-order chi connectivity index (χ0) is 14.7. The summed E-state index contributed by atoms with van der Waals surface area (Å²) < 4.78 is 5.91. The molecule has 21 heavy (non-hydrogen) atoms. The minimum Gasteiger partial charge on any atom is -0.377 e. The van der Waals surface area contributed by atoms with E-state index in [4.69, 9.17) is 4.74 Å². The summed E-state index contributed by atoms with van der Waals surface area (Å²) in [6, 6.07) is 12.5. The molecule has 2 heterocycles. The van der Waals surface area contributed by atoms with Gasteiger partial charge >= 0.3 is 0 Å². The van der Waals surface area contributed by atoms with Crippen LogP contribution in [0.1, 0.15) is 32.3 Å². The number of piperazine rings is 1. The zero-order valence-corrected chi connectivity index (χ0v) is 13.3. The number of benzene rings is 1. The van der Waals surface area contributed by atoms with Crippen LogP contribution in [0.25, 0.3) is 0 Å². The summed E-state index contributed by atoms with van der Waals surface area (Å²) in [6.07, 6.45) is 4.00. The quantitative estimate of drug-likeness (QED) is 0.921. The molecule has 0 amide bonds. The van der Waals surface area contributed by atoms with Gasteiger partial charge in [-0.3, -0.25) is 4.90 Å². The van der Waals surface area contributed by atoms with Crippen LogP contribution in [0.15, 0.2) is 30.3 Å². The Morgan fingerprint density at radius 1 is 1.33 bits per heavy atom. The van der Waals surface area contributed by atoms with Crippen LogP contribution in [0, 0.1) is 0 Å². The first-order valence-corrected chi connectivity index (χ1v) is 8.38. The molecular formula is C18H28N2O. The molecule has 1 aromatic carbocycles. The summed E-state index contributed by atoms with van der Waals surface area (Å²) in [6.45, 7) is 7.82. The third-order valence-electron chi connectivity index (χ3n) is 5.05. The first-order valence-electron chi connectivity index (χ1n) is 8.38. The van der Waals surface area contributed by atoms with E-state index in [9.17, 15) is 0 Å². The lowest BCUT2D eigenvalue weighted by Crippen LogP contribution is -2.60. The number of rotatable bonds is 4. The van der Waals surface area contributed by atoms with Crippen molar-refractivity contribution in [1.29, 1.82) is 0 Å². The molecular weight excluding hydrogens is 260 g/mol. The highest BCUT2D eigenvalue weighted by Gasteiger charge is 2.33. The smallest absolute Gasteiger partial charge is 0.0728 e. The molecule has 2 saturated heterocycles. The van der Waals surface area contributed by atoms with Gasteiger partial charge in [-0.15, -0.1) is 0 Å². The zero-order valence-electron chi connectivity index (χ0n) is 13.3. The summed E-state index contributed by atoms with van der Waals surface area (Å²) >= 11 is 0. The van der Waals surface area contributed by atoms with Crippen molar-refractivity contribution in [3.05, 3.63) is 35.9 Å². The van der Waals surface area contributed by atoms with E-state index in [1.807, 2.05) is 0 Å². The summed E-state index contributed by atoms with van der Waals surface area (Å²) in [5.74, 6) is 0. The van der Waals surface area contributed by atoms with Gasteiger partial charge in [-0.25, -0.2) is 0 Å². The van der Waals surface area contributed by atoms with E-state index in [1.165, 1.54) is 18.4 Å². The highest BCUT2D eigenvalue weighted by molar-refractivity contribution is 5.16. The molecule has 0 bridgehead atoms. The Morgan fingerprint density at radius 3 is 2.86 bits per heavy atom. The lowest BCUT2D eigenvalue weighted by atomic mass is 9.98. The van der Waals surface area contributed by atoms with Crippen LogP contribution in [0.2, 0.25) is 0 Å². The van der Waals surface area contributed by atoms with Crippen molar-refractivity contribution in [3.8, 4) is 0 Å². The van der Waals surface area contributed by atoms with Crippen molar-refractivity contribution in [3.63, 3.8) is 0 Å². The van der Waals surface area contributed by atoms with Crippen LogP contribution in [0.3, 0.4) is 0 Å². The fraction of sp³-hybridized carbons (Fsp3) is 0.667. The topological polar surface area (TPSA) is 24.5 Å². The highest BCUT2D eigenvalue weighted by Crippen LogP contribution is 2.23. The summed E-state index contributed by atoms with van der Waals surface area (Å²) in [5, 5.41) is 3.71. The number of hydrogen-bond acceptors (Lipinski definition) is 3. The normalized spacial score (nSPS) is 32.2. The van der Waals surface area contributed by atoms with Crippen LogP contribution in [-0.2, 0) is 11.2 Å². The van der Waals surface area contributed by atoms with E-state index < -0.39 is 0 Å². The first-order chi connectivity index (χ1) is 10.2. The average molecular weight is 288 g/mol. The van der Waals surface area contributed by atoms with Crippen molar-refractivity contribution in [2.75, 3.05) is 19.7 Å². The molecule has 0 aromatic heterocycles. The predicted octanol–water partition coefficient (Wildman–Crippen LogP) is 2.46. The Bertz CT molecular complexity index is 430. The summed E-state index contributed by atoms with van der Waals surface area (Å²) in [7, 11) is 0. The lowest BCUT2D eigenvalue weighted by Gasteiger charge is -2.44. The van der Waals surface area contributed by atoms with Gasteiger partial charge in [0.2, 0.25) is 0 Å². The highest BCUT2D eigenvalue weighted by atomic mass is 16.5. The van der Waals surface area contributed by atoms with Gasteiger partial charge in [0.05, 0.1) is 6.10 Å². The van der Waals surface area contributed by atoms with E-state index in [0.717, 1.165) is 26.1 Å². The van der Waals surface area contributed by atoms with Gasteiger partial charge in [0.15, 0.2) is 0 Å². The SMILES string of the molecule is CC1CNC(Cc2ccccc2)CN1C(C)C1CCCO1. The van der Waals surface area contributed by atoms with Crippen molar-refractivity contribution in [2.24, 2.45) is 0 Å². The Hall–Kier alpha value is -0.900. The number of hydrogen-bond donors (Lipinski definition) is 1. The molecule has 3 heteroatoms. The number of nitrogens with one attached hydrogen (secondary N) is 1. The Balaban J connectivity index is 1.61. The van der Waals surface area contributed by atoms with Crippen LogP contribution in [0.4, 0.5) is 0 Å². The van der Waals surface area contributed by atoms with Gasteiger partial charge in [0.25, 0.3) is 0 Å². The molecule has 0 saturated carbocycles. The Morgan fingerprint density at radius 2 is 2.14 bits per heavy atom. The fourth-order valence-electron chi connectivity index (χ4n) is 3.75. The maximum absolute atomic E-state index is 5.91. The molecule has 0 radical (unpaired) electrons. The molecule has 4 unspecified atom stereocenters. The summed E-state index contributed by atoms with van der Waals surface area (Å²) in [4.78, 5) is 2.65. The minimum absolute atomic E-state index is 0.433. The molecule has 116 valence electrons. The molecule has 2 aliphatic heterocycles. The second-order valence-electron chi connectivity index (χ2n) is 6.63. The molecule has 0 spiro atoms. The van der Waals surface area contributed by atoms with Crippen molar-refractivity contribution < 1.29 is 4.74 Å². The molecule has 3 rings (SSSR count). The van der Waals surface area contributed by atoms with Gasteiger partial charge < -0.3 is 10.1 Å². The van der Waals surface area contributed by atoms with E-state index in [1.54, 1.807) is 0 Å². The molecule has 2 aliphatic rings.